The van der Waals surface area contributed by atoms with Crippen molar-refractivity contribution < 1.29 is 0 Å². The van der Waals surface area contributed by atoms with E-state index in [1.807, 2.05) is 0 Å². The molecule has 0 bridgehead atoms. The highest BCUT2D eigenvalue weighted by atomic mass is 15.2. The Bertz CT molecular complexity index is 178. The molecule has 96 valence electrons. The fourth-order valence-corrected chi connectivity index (χ4v) is 2.61. The van der Waals surface area contributed by atoms with E-state index in [9.17, 15) is 0 Å². The van der Waals surface area contributed by atoms with E-state index in [1.165, 1.54) is 38.6 Å². The number of rotatable bonds is 9. The van der Waals surface area contributed by atoms with Crippen LogP contribution in [0.3, 0.4) is 0 Å². The van der Waals surface area contributed by atoms with Crippen LogP contribution in [0.1, 0.15) is 59.8 Å². The minimum atomic E-state index is 0.669. The molecule has 2 unspecified atom stereocenters. The molecule has 0 saturated heterocycles. The second kappa shape index (κ2) is 7.29. The maximum Gasteiger partial charge on any atom is 0.0223 e. The molecule has 1 N–H and O–H groups in total. The molecule has 0 radical (unpaired) electrons. The first-order valence-electron chi connectivity index (χ1n) is 7.23. The zero-order valence-corrected chi connectivity index (χ0v) is 11.6. The van der Waals surface area contributed by atoms with Gasteiger partial charge in [-0.1, -0.05) is 27.2 Å². The number of hydrogen-bond acceptors (Lipinski definition) is 2. The van der Waals surface area contributed by atoms with Crippen molar-refractivity contribution in [2.24, 2.45) is 0 Å². The van der Waals surface area contributed by atoms with Crippen molar-refractivity contribution >= 4 is 0 Å². The number of unbranched alkanes of at least 4 members (excludes halogenated alkanes) is 1. The number of likely N-dealkylation sites (N-methyl/N-ethyl adjacent to an activating group) is 1. The van der Waals surface area contributed by atoms with Crippen LogP contribution >= 0.6 is 0 Å². The predicted octanol–water partition coefficient (Wildman–Crippen LogP) is 3.03. The van der Waals surface area contributed by atoms with E-state index < -0.39 is 0 Å². The van der Waals surface area contributed by atoms with Crippen molar-refractivity contribution in [3.8, 4) is 0 Å². The van der Waals surface area contributed by atoms with Crippen molar-refractivity contribution in [1.29, 1.82) is 0 Å². The molecule has 1 saturated carbocycles. The Balaban J connectivity index is 2.46. The summed E-state index contributed by atoms with van der Waals surface area (Å²) >= 11 is 0. The van der Waals surface area contributed by atoms with Gasteiger partial charge in [-0.3, -0.25) is 4.90 Å². The molecule has 0 amide bonds. The summed E-state index contributed by atoms with van der Waals surface area (Å²) in [4.78, 5) is 2.75. The summed E-state index contributed by atoms with van der Waals surface area (Å²) in [5, 5.41) is 3.63. The van der Waals surface area contributed by atoms with Gasteiger partial charge >= 0.3 is 0 Å². The zero-order valence-electron chi connectivity index (χ0n) is 11.6. The third-order valence-corrected chi connectivity index (χ3v) is 3.80. The third-order valence-electron chi connectivity index (χ3n) is 3.80. The normalized spacial score (nSPS) is 20.1. The Kier molecular flexibility index (Phi) is 6.37. The van der Waals surface area contributed by atoms with Gasteiger partial charge in [0.1, 0.15) is 0 Å². The first-order chi connectivity index (χ1) is 7.74. The molecular formula is C14H30N2. The first kappa shape index (κ1) is 14.0. The zero-order chi connectivity index (χ0) is 12.0. The van der Waals surface area contributed by atoms with Crippen molar-refractivity contribution in [2.75, 3.05) is 13.1 Å². The Morgan fingerprint density at radius 2 is 1.94 bits per heavy atom. The molecule has 0 spiro atoms. The van der Waals surface area contributed by atoms with Crippen LogP contribution in [0.2, 0.25) is 0 Å². The van der Waals surface area contributed by atoms with E-state index in [1.54, 1.807) is 0 Å². The molecule has 0 heterocycles. The number of nitrogens with zero attached hydrogens (tertiary/aromatic N) is 1. The lowest BCUT2D eigenvalue weighted by Gasteiger charge is -2.35. The van der Waals surface area contributed by atoms with E-state index in [4.69, 9.17) is 0 Å². The number of nitrogens with one attached hydrogen (secondary N) is 1. The van der Waals surface area contributed by atoms with E-state index in [-0.39, 0.29) is 0 Å². The van der Waals surface area contributed by atoms with E-state index in [2.05, 4.69) is 37.9 Å². The molecular weight excluding hydrogens is 196 g/mol. The summed E-state index contributed by atoms with van der Waals surface area (Å²) in [5.74, 6) is 0. The van der Waals surface area contributed by atoms with Crippen molar-refractivity contribution in [1.82, 2.24) is 10.2 Å². The van der Waals surface area contributed by atoms with Gasteiger partial charge in [-0.05, 0) is 45.7 Å². The van der Waals surface area contributed by atoms with Crippen LogP contribution < -0.4 is 5.32 Å². The molecule has 2 heteroatoms. The summed E-state index contributed by atoms with van der Waals surface area (Å²) in [6.07, 6.45) is 6.76. The van der Waals surface area contributed by atoms with Gasteiger partial charge in [0.25, 0.3) is 0 Å². The lowest BCUT2D eigenvalue weighted by molar-refractivity contribution is 0.155. The van der Waals surface area contributed by atoms with Crippen molar-refractivity contribution in [3.05, 3.63) is 0 Å². The lowest BCUT2D eigenvalue weighted by Crippen LogP contribution is -2.49. The summed E-state index contributed by atoms with van der Waals surface area (Å²) in [6, 6.07) is 2.26. The second-order valence-corrected chi connectivity index (χ2v) is 5.14. The fraction of sp³-hybridized carbons (Fsp3) is 1.00. The molecule has 0 aromatic carbocycles. The average Bonchev–Trinajstić information content (AvgIpc) is 3.10. The van der Waals surface area contributed by atoms with Gasteiger partial charge in [-0.15, -0.1) is 0 Å². The van der Waals surface area contributed by atoms with Crippen LogP contribution in [-0.4, -0.2) is 36.1 Å². The monoisotopic (exact) mass is 226 g/mol. The number of hydrogen-bond donors (Lipinski definition) is 1. The molecule has 1 rings (SSSR count). The first-order valence-corrected chi connectivity index (χ1v) is 7.23. The summed E-state index contributed by atoms with van der Waals surface area (Å²) in [5.41, 5.74) is 0. The van der Waals surface area contributed by atoms with Crippen LogP contribution in [0.4, 0.5) is 0 Å². The molecule has 16 heavy (non-hydrogen) atoms. The Hall–Kier alpha value is -0.0800. The van der Waals surface area contributed by atoms with Gasteiger partial charge in [-0.2, -0.15) is 0 Å². The molecule has 1 fully saturated rings. The van der Waals surface area contributed by atoms with Crippen LogP contribution in [0.5, 0.6) is 0 Å². The third kappa shape index (κ3) is 4.06. The predicted molar refractivity (Wildman–Crippen MR) is 71.9 cm³/mol. The highest BCUT2D eigenvalue weighted by Crippen LogP contribution is 2.30. The maximum atomic E-state index is 3.63. The van der Waals surface area contributed by atoms with Crippen LogP contribution in [0, 0.1) is 0 Å². The molecule has 0 aromatic heterocycles. The van der Waals surface area contributed by atoms with Crippen LogP contribution in [-0.2, 0) is 0 Å². The second-order valence-electron chi connectivity index (χ2n) is 5.14. The standard InChI is InChI=1S/C14H30N2/c1-5-8-11-16(13-9-10-13)12(4)14(6-2)15-7-3/h12-15H,5-11H2,1-4H3. The molecule has 1 aliphatic carbocycles. The molecule has 1 aliphatic rings. The molecule has 0 aliphatic heterocycles. The van der Waals surface area contributed by atoms with Crippen LogP contribution in [0.15, 0.2) is 0 Å². The Labute approximate surface area is 102 Å². The molecule has 2 atom stereocenters. The SMILES string of the molecule is CCCCN(C1CC1)C(C)C(CC)NCC. The average molecular weight is 226 g/mol. The summed E-state index contributed by atoms with van der Waals surface area (Å²) < 4.78 is 0. The van der Waals surface area contributed by atoms with Crippen molar-refractivity contribution in [3.63, 3.8) is 0 Å². The Morgan fingerprint density at radius 1 is 1.25 bits per heavy atom. The van der Waals surface area contributed by atoms with Crippen molar-refractivity contribution in [2.45, 2.75) is 77.9 Å². The highest BCUT2D eigenvalue weighted by Gasteiger charge is 2.33. The topological polar surface area (TPSA) is 15.3 Å². The minimum absolute atomic E-state index is 0.669. The largest absolute Gasteiger partial charge is 0.313 e. The van der Waals surface area contributed by atoms with Gasteiger partial charge in [0.2, 0.25) is 0 Å². The van der Waals surface area contributed by atoms with E-state index >= 15 is 0 Å². The molecule has 0 aromatic rings. The summed E-state index contributed by atoms with van der Waals surface area (Å²) in [6.45, 7) is 11.6. The Morgan fingerprint density at radius 3 is 2.38 bits per heavy atom. The quantitative estimate of drug-likeness (QED) is 0.650. The maximum absolute atomic E-state index is 3.63. The highest BCUT2D eigenvalue weighted by molar-refractivity contribution is 4.91. The van der Waals surface area contributed by atoms with Gasteiger partial charge in [-0.25, -0.2) is 0 Å². The van der Waals surface area contributed by atoms with Gasteiger partial charge in [0, 0.05) is 18.1 Å². The van der Waals surface area contributed by atoms with E-state index in [0.717, 1.165) is 12.6 Å². The smallest absolute Gasteiger partial charge is 0.0223 e. The summed E-state index contributed by atoms with van der Waals surface area (Å²) in [7, 11) is 0. The minimum Gasteiger partial charge on any atom is -0.313 e. The van der Waals surface area contributed by atoms with E-state index in [0.29, 0.717) is 12.1 Å². The molecule has 2 nitrogen and oxygen atoms in total. The van der Waals surface area contributed by atoms with Crippen LogP contribution in [0.25, 0.3) is 0 Å². The van der Waals surface area contributed by atoms with Gasteiger partial charge in [0.05, 0.1) is 0 Å². The van der Waals surface area contributed by atoms with Gasteiger partial charge < -0.3 is 5.32 Å². The van der Waals surface area contributed by atoms with Gasteiger partial charge in [0.15, 0.2) is 0 Å². The lowest BCUT2D eigenvalue weighted by atomic mass is 10.0. The fourth-order valence-electron chi connectivity index (χ4n) is 2.61.